The number of ketones is 1. The molecule has 0 radical (unpaired) electrons. The van der Waals surface area contributed by atoms with Gasteiger partial charge in [-0.05, 0) is 25.8 Å². The maximum Gasteiger partial charge on any atom is 0.329 e. The predicted molar refractivity (Wildman–Crippen MR) is 75.7 cm³/mol. The Labute approximate surface area is 122 Å². The first-order valence-corrected chi connectivity index (χ1v) is 6.68. The van der Waals surface area contributed by atoms with E-state index in [0.717, 1.165) is 0 Å². The van der Waals surface area contributed by atoms with Gasteiger partial charge in [-0.25, -0.2) is 4.79 Å². The Kier molecular flexibility index (Phi) is 6.10. The first-order valence-electron chi connectivity index (χ1n) is 6.68. The standard InChI is InChI=1S/C14H20N2O5/c1-4-10-12(9(3)17)8(2)16-13(10)14(20)15-5-6-21-7-11(18)19/h16H,4-7H2,1-3H3,(H,15,20)(H,18,19). The van der Waals surface area contributed by atoms with Crippen molar-refractivity contribution in [1.82, 2.24) is 10.3 Å². The fourth-order valence-electron chi connectivity index (χ4n) is 2.19. The van der Waals surface area contributed by atoms with Crippen LogP contribution in [0.15, 0.2) is 0 Å². The average Bonchev–Trinajstić information content (AvgIpc) is 2.74. The van der Waals surface area contributed by atoms with E-state index in [1.54, 1.807) is 6.92 Å². The number of aryl methyl sites for hydroxylation is 1. The second-order valence-corrected chi connectivity index (χ2v) is 4.59. The summed E-state index contributed by atoms with van der Waals surface area (Å²) in [6.45, 7) is 5.01. The number of carboxylic acid groups (broad SMARTS) is 1. The SMILES string of the molecule is CCc1c(C(=O)NCCOCC(=O)O)[nH]c(C)c1C(C)=O. The summed E-state index contributed by atoms with van der Waals surface area (Å²) in [6.07, 6.45) is 0.567. The molecule has 0 saturated carbocycles. The minimum absolute atomic E-state index is 0.0792. The molecule has 1 aromatic heterocycles. The van der Waals surface area contributed by atoms with Gasteiger partial charge < -0.3 is 20.1 Å². The lowest BCUT2D eigenvalue weighted by atomic mass is 10.0. The molecular formula is C14H20N2O5. The summed E-state index contributed by atoms with van der Waals surface area (Å²) in [6, 6.07) is 0. The Morgan fingerprint density at radius 1 is 1.33 bits per heavy atom. The highest BCUT2D eigenvalue weighted by atomic mass is 16.5. The number of aromatic amines is 1. The Bertz CT molecular complexity index is 548. The van der Waals surface area contributed by atoms with Crippen molar-refractivity contribution < 1.29 is 24.2 Å². The van der Waals surface area contributed by atoms with Gasteiger partial charge in [-0.2, -0.15) is 0 Å². The normalized spacial score (nSPS) is 10.4. The minimum atomic E-state index is -1.05. The Morgan fingerprint density at radius 2 is 2.00 bits per heavy atom. The molecule has 1 heterocycles. The van der Waals surface area contributed by atoms with Crippen molar-refractivity contribution in [1.29, 1.82) is 0 Å². The fourth-order valence-corrected chi connectivity index (χ4v) is 2.19. The maximum atomic E-state index is 12.1. The summed E-state index contributed by atoms with van der Waals surface area (Å²) in [4.78, 5) is 36.9. The van der Waals surface area contributed by atoms with Crippen LogP contribution < -0.4 is 5.32 Å². The fraction of sp³-hybridized carbons (Fsp3) is 0.500. The highest BCUT2D eigenvalue weighted by molar-refractivity contribution is 6.02. The Morgan fingerprint density at radius 3 is 2.52 bits per heavy atom. The van der Waals surface area contributed by atoms with E-state index in [1.807, 2.05) is 6.92 Å². The Balaban J connectivity index is 2.68. The first kappa shape index (κ1) is 16.9. The smallest absolute Gasteiger partial charge is 0.329 e. The molecule has 0 atom stereocenters. The topological polar surface area (TPSA) is 108 Å². The summed E-state index contributed by atoms with van der Waals surface area (Å²) >= 11 is 0. The van der Waals surface area contributed by atoms with E-state index in [-0.39, 0.29) is 24.8 Å². The van der Waals surface area contributed by atoms with Crippen molar-refractivity contribution in [2.45, 2.75) is 27.2 Å². The van der Waals surface area contributed by atoms with Crippen LogP contribution in [0.1, 0.15) is 46.0 Å². The van der Waals surface area contributed by atoms with E-state index in [0.29, 0.717) is 28.9 Å². The van der Waals surface area contributed by atoms with Crippen molar-refractivity contribution in [3.8, 4) is 0 Å². The zero-order valence-electron chi connectivity index (χ0n) is 12.4. The predicted octanol–water partition coefficient (Wildman–Crippen LogP) is 0.919. The molecule has 1 aromatic rings. The third kappa shape index (κ3) is 4.42. The van der Waals surface area contributed by atoms with Gasteiger partial charge in [0.15, 0.2) is 5.78 Å². The molecule has 1 rings (SSSR count). The number of H-pyrrole nitrogens is 1. The van der Waals surface area contributed by atoms with Crippen molar-refractivity contribution in [3.05, 3.63) is 22.5 Å². The van der Waals surface area contributed by atoms with E-state index in [2.05, 4.69) is 10.3 Å². The van der Waals surface area contributed by atoms with Crippen LogP contribution in [-0.2, 0) is 16.0 Å². The van der Waals surface area contributed by atoms with Crippen LogP contribution in [0.3, 0.4) is 0 Å². The number of nitrogens with one attached hydrogen (secondary N) is 2. The van der Waals surface area contributed by atoms with Crippen LogP contribution in [-0.4, -0.2) is 47.5 Å². The molecule has 0 saturated heterocycles. The summed E-state index contributed by atoms with van der Waals surface area (Å²) in [7, 11) is 0. The number of carboxylic acids is 1. The van der Waals surface area contributed by atoms with Gasteiger partial charge in [0.1, 0.15) is 12.3 Å². The van der Waals surface area contributed by atoms with Gasteiger partial charge in [0, 0.05) is 17.8 Å². The van der Waals surface area contributed by atoms with Gasteiger partial charge >= 0.3 is 5.97 Å². The van der Waals surface area contributed by atoms with Crippen LogP contribution in [0, 0.1) is 6.92 Å². The van der Waals surface area contributed by atoms with Crippen molar-refractivity contribution >= 4 is 17.7 Å². The van der Waals surface area contributed by atoms with E-state index < -0.39 is 12.6 Å². The lowest BCUT2D eigenvalue weighted by Crippen LogP contribution is -2.29. The average molecular weight is 296 g/mol. The molecule has 0 aliphatic heterocycles. The summed E-state index contributed by atoms with van der Waals surface area (Å²) < 4.78 is 4.83. The molecule has 0 aliphatic carbocycles. The quantitative estimate of drug-likeness (QED) is 0.488. The largest absolute Gasteiger partial charge is 0.480 e. The van der Waals surface area contributed by atoms with Crippen molar-refractivity contribution in [2.75, 3.05) is 19.8 Å². The number of aromatic nitrogens is 1. The number of ether oxygens (including phenoxy) is 1. The maximum absolute atomic E-state index is 12.1. The number of Topliss-reactive ketones (excluding diaryl/α,β-unsaturated/α-hetero) is 1. The lowest BCUT2D eigenvalue weighted by molar-refractivity contribution is -0.142. The molecular weight excluding hydrogens is 276 g/mol. The highest BCUT2D eigenvalue weighted by Crippen LogP contribution is 2.20. The number of carbonyl (C=O) groups excluding carboxylic acids is 2. The monoisotopic (exact) mass is 296 g/mol. The second-order valence-electron chi connectivity index (χ2n) is 4.59. The summed E-state index contributed by atoms with van der Waals surface area (Å²) in [5.74, 6) is -1.47. The summed E-state index contributed by atoms with van der Waals surface area (Å²) in [5.41, 5.74) is 2.30. The number of aliphatic carboxylic acids is 1. The van der Waals surface area contributed by atoms with Gasteiger partial charge in [-0.15, -0.1) is 0 Å². The van der Waals surface area contributed by atoms with Crippen LogP contribution in [0.5, 0.6) is 0 Å². The van der Waals surface area contributed by atoms with Gasteiger partial charge in [-0.3, -0.25) is 9.59 Å². The molecule has 7 heteroatoms. The molecule has 0 unspecified atom stereocenters. The van der Waals surface area contributed by atoms with E-state index in [4.69, 9.17) is 9.84 Å². The molecule has 3 N–H and O–H groups in total. The molecule has 0 aliphatic rings. The number of hydrogen-bond donors (Lipinski definition) is 3. The minimum Gasteiger partial charge on any atom is -0.480 e. The van der Waals surface area contributed by atoms with E-state index in [9.17, 15) is 14.4 Å². The van der Waals surface area contributed by atoms with Crippen molar-refractivity contribution in [3.63, 3.8) is 0 Å². The molecule has 1 amide bonds. The third-order valence-corrected chi connectivity index (χ3v) is 2.98. The van der Waals surface area contributed by atoms with E-state index in [1.165, 1.54) is 6.92 Å². The molecule has 0 fully saturated rings. The van der Waals surface area contributed by atoms with Gasteiger partial charge in [0.25, 0.3) is 5.91 Å². The van der Waals surface area contributed by atoms with Crippen LogP contribution in [0.25, 0.3) is 0 Å². The zero-order valence-corrected chi connectivity index (χ0v) is 12.4. The highest BCUT2D eigenvalue weighted by Gasteiger charge is 2.21. The Hall–Kier alpha value is -2.15. The van der Waals surface area contributed by atoms with Crippen LogP contribution in [0.2, 0.25) is 0 Å². The number of carbonyl (C=O) groups is 3. The number of hydrogen-bond acceptors (Lipinski definition) is 4. The van der Waals surface area contributed by atoms with Gasteiger partial charge in [-0.1, -0.05) is 6.92 Å². The van der Waals surface area contributed by atoms with E-state index >= 15 is 0 Å². The number of rotatable bonds is 8. The van der Waals surface area contributed by atoms with Crippen LogP contribution in [0.4, 0.5) is 0 Å². The molecule has 7 nitrogen and oxygen atoms in total. The lowest BCUT2D eigenvalue weighted by Gasteiger charge is -2.06. The third-order valence-electron chi connectivity index (χ3n) is 2.98. The molecule has 21 heavy (non-hydrogen) atoms. The molecule has 0 spiro atoms. The van der Waals surface area contributed by atoms with Crippen molar-refractivity contribution in [2.24, 2.45) is 0 Å². The molecule has 0 aromatic carbocycles. The molecule has 116 valence electrons. The first-order chi connectivity index (χ1) is 9.88. The van der Waals surface area contributed by atoms with Crippen LogP contribution >= 0.6 is 0 Å². The number of amides is 1. The second kappa shape index (κ2) is 7.58. The zero-order chi connectivity index (χ0) is 16.0. The van der Waals surface area contributed by atoms with Gasteiger partial charge in [0.05, 0.1) is 6.61 Å². The van der Waals surface area contributed by atoms with Gasteiger partial charge in [0.2, 0.25) is 0 Å². The summed E-state index contributed by atoms with van der Waals surface area (Å²) in [5, 5.41) is 11.0. The molecule has 0 bridgehead atoms.